The topological polar surface area (TPSA) is 51.6 Å². The second-order valence-electron chi connectivity index (χ2n) is 12.0. The average molecular weight is 585 g/mol. The van der Waals surface area contributed by atoms with E-state index in [0.29, 0.717) is 17.5 Å². The first kappa shape index (κ1) is 27.6. The number of pyridine rings is 1. The normalized spacial score (nSPS) is 11.5. The standard InChI is InChI=1S/C39H32N4Si/c1-44(2,3)33-22-23-36(40-26-33)31-18-9-16-29(24-31)30-17-10-19-32(25-30)38-41-37(28-13-5-4-6-14-28)42-39(43-38)35-21-11-15-27-12-7-8-20-34(27)35/h4-26H,1-3H3. The zero-order valence-electron chi connectivity index (χ0n) is 25.1. The minimum absolute atomic E-state index is 0.642. The molecule has 5 heteroatoms. The van der Waals surface area contributed by atoms with Gasteiger partial charge in [-0.2, -0.15) is 0 Å². The fraction of sp³-hybridized carbons (Fsp3) is 0.0769. The van der Waals surface area contributed by atoms with E-state index in [2.05, 4.69) is 123 Å². The molecule has 0 fully saturated rings. The van der Waals surface area contributed by atoms with Gasteiger partial charge in [0.2, 0.25) is 0 Å². The molecule has 212 valence electrons. The van der Waals surface area contributed by atoms with E-state index in [9.17, 15) is 0 Å². The summed E-state index contributed by atoms with van der Waals surface area (Å²) in [6.07, 6.45) is 2.05. The molecule has 2 aromatic heterocycles. The third kappa shape index (κ3) is 5.58. The van der Waals surface area contributed by atoms with Crippen LogP contribution < -0.4 is 5.19 Å². The highest BCUT2D eigenvalue weighted by atomic mass is 28.3. The molecular formula is C39H32N4Si. The number of hydrogen-bond acceptors (Lipinski definition) is 4. The maximum absolute atomic E-state index is 5.05. The molecule has 0 saturated heterocycles. The number of benzene rings is 5. The molecule has 0 saturated carbocycles. The number of hydrogen-bond donors (Lipinski definition) is 0. The molecule has 0 amide bonds. The molecule has 0 unspecified atom stereocenters. The van der Waals surface area contributed by atoms with E-state index in [1.165, 1.54) is 5.19 Å². The van der Waals surface area contributed by atoms with Gasteiger partial charge < -0.3 is 0 Å². The maximum Gasteiger partial charge on any atom is 0.164 e. The summed E-state index contributed by atoms with van der Waals surface area (Å²) in [4.78, 5) is 19.8. The van der Waals surface area contributed by atoms with Gasteiger partial charge in [-0.15, -0.1) is 0 Å². The van der Waals surface area contributed by atoms with Crippen molar-refractivity contribution >= 4 is 24.0 Å². The van der Waals surface area contributed by atoms with Crippen LogP contribution in [0.4, 0.5) is 0 Å². The summed E-state index contributed by atoms with van der Waals surface area (Å²) >= 11 is 0. The molecule has 0 aliphatic heterocycles. The summed E-state index contributed by atoms with van der Waals surface area (Å²) in [5, 5.41) is 3.63. The SMILES string of the molecule is C[Si](C)(C)c1ccc(-c2cccc(-c3cccc(-c4nc(-c5ccccc5)nc(-c5cccc6ccccc56)n4)c3)c2)nc1. The largest absolute Gasteiger partial charge is 0.256 e. The van der Waals surface area contributed by atoms with Crippen LogP contribution in [0.2, 0.25) is 19.6 Å². The Morgan fingerprint density at radius 2 is 1.02 bits per heavy atom. The van der Waals surface area contributed by atoms with Crippen molar-refractivity contribution in [1.82, 2.24) is 19.9 Å². The van der Waals surface area contributed by atoms with Gasteiger partial charge in [-0.3, -0.25) is 4.98 Å². The summed E-state index contributed by atoms with van der Waals surface area (Å²) in [7, 11) is -1.40. The predicted molar refractivity (Wildman–Crippen MR) is 185 cm³/mol. The fourth-order valence-electron chi connectivity index (χ4n) is 5.47. The maximum atomic E-state index is 5.05. The summed E-state index contributed by atoms with van der Waals surface area (Å²) in [6, 6.07) is 46.1. The lowest BCUT2D eigenvalue weighted by atomic mass is 9.99. The van der Waals surface area contributed by atoms with Crippen molar-refractivity contribution in [3.8, 4) is 56.5 Å². The second-order valence-corrected chi connectivity index (χ2v) is 17.1. The van der Waals surface area contributed by atoms with E-state index in [1.54, 1.807) is 0 Å². The first-order chi connectivity index (χ1) is 21.4. The van der Waals surface area contributed by atoms with Gasteiger partial charge in [0.05, 0.1) is 13.8 Å². The van der Waals surface area contributed by atoms with Gasteiger partial charge in [-0.1, -0.05) is 135 Å². The number of fused-ring (bicyclic) bond motifs is 1. The summed E-state index contributed by atoms with van der Waals surface area (Å²) in [5.74, 6) is 1.95. The third-order valence-corrected chi connectivity index (χ3v) is 9.97. The van der Waals surface area contributed by atoms with Crippen LogP contribution in [-0.2, 0) is 0 Å². The smallest absolute Gasteiger partial charge is 0.164 e. The Balaban J connectivity index is 1.31. The van der Waals surface area contributed by atoms with Gasteiger partial charge in [0, 0.05) is 28.5 Å². The number of nitrogens with zero attached hydrogens (tertiary/aromatic N) is 4. The molecule has 2 heterocycles. The van der Waals surface area contributed by atoms with Crippen molar-refractivity contribution < 1.29 is 0 Å². The van der Waals surface area contributed by atoms with Crippen LogP contribution in [0, 0.1) is 0 Å². The Morgan fingerprint density at radius 1 is 0.455 bits per heavy atom. The first-order valence-electron chi connectivity index (χ1n) is 14.9. The molecule has 0 aliphatic carbocycles. The Morgan fingerprint density at radius 3 is 1.75 bits per heavy atom. The van der Waals surface area contributed by atoms with Crippen LogP contribution >= 0.6 is 0 Å². The molecule has 0 radical (unpaired) electrons. The number of rotatable bonds is 6. The predicted octanol–water partition coefficient (Wildman–Crippen LogP) is 9.30. The lowest BCUT2D eigenvalue weighted by Crippen LogP contribution is -2.37. The highest BCUT2D eigenvalue weighted by molar-refractivity contribution is 6.88. The summed E-state index contributed by atoms with van der Waals surface area (Å²) in [6.45, 7) is 7.03. The molecule has 44 heavy (non-hydrogen) atoms. The quantitative estimate of drug-likeness (QED) is 0.183. The Labute approximate surface area is 259 Å². The highest BCUT2D eigenvalue weighted by Crippen LogP contribution is 2.32. The molecule has 0 spiro atoms. The zero-order valence-corrected chi connectivity index (χ0v) is 26.1. The van der Waals surface area contributed by atoms with Crippen molar-refractivity contribution in [3.63, 3.8) is 0 Å². The minimum atomic E-state index is -1.40. The highest BCUT2D eigenvalue weighted by Gasteiger charge is 2.17. The van der Waals surface area contributed by atoms with E-state index in [4.69, 9.17) is 19.9 Å². The monoisotopic (exact) mass is 584 g/mol. The van der Waals surface area contributed by atoms with E-state index in [1.807, 2.05) is 36.5 Å². The van der Waals surface area contributed by atoms with Gasteiger partial charge in [0.15, 0.2) is 17.5 Å². The molecule has 5 aromatic carbocycles. The Bertz CT molecular complexity index is 2090. The van der Waals surface area contributed by atoms with Crippen LogP contribution in [0.3, 0.4) is 0 Å². The average Bonchev–Trinajstić information content (AvgIpc) is 3.08. The van der Waals surface area contributed by atoms with Crippen molar-refractivity contribution in [2.45, 2.75) is 19.6 Å². The van der Waals surface area contributed by atoms with Gasteiger partial charge >= 0.3 is 0 Å². The van der Waals surface area contributed by atoms with E-state index < -0.39 is 8.07 Å². The Kier molecular flexibility index (Phi) is 7.16. The van der Waals surface area contributed by atoms with Crippen LogP contribution in [-0.4, -0.2) is 28.0 Å². The molecule has 0 aliphatic rings. The van der Waals surface area contributed by atoms with Gasteiger partial charge in [-0.05, 0) is 45.3 Å². The van der Waals surface area contributed by atoms with Crippen LogP contribution in [0.25, 0.3) is 67.3 Å². The molecule has 0 atom stereocenters. The number of aromatic nitrogens is 4. The van der Waals surface area contributed by atoms with Gasteiger partial charge in [0.1, 0.15) is 0 Å². The van der Waals surface area contributed by atoms with Gasteiger partial charge in [0.25, 0.3) is 0 Å². The summed E-state index contributed by atoms with van der Waals surface area (Å²) in [5.41, 5.74) is 7.17. The molecule has 7 aromatic rings. The van der Waals surface area contributed by atoms with Crippen molar-refractivity contribution in [2.75, 3.05) is 0 Å². The Hall–Kier alpha value is -5.26. The first-order valence-corrected chi connectivity index (χ1v) is 18.4. The fourth-order valence-corrected chi connectivity index (χ4v) is 6.50. The molecule has 0 N–H and O–H groups in total. The van der Waals surface area contributed by atoms with Crippen molar-refractivity contribution in [2.24, 2.45) is 0 Å². The second kappa shape index (κ2) is 11.4. The zero-order chi connectivity index (χ0) is 30.1. The van der Waals surface area contributed by atoms with Crippen molar-refractivity contribution in [1.29, 1.82) is 0 Å². The van der Waals surface area contributed by atoms with Crippen molar-refractivity contribution in [3.05, 3.63) is 140 Å². The van der Waals surface area contributed by atoms with Crippen LogP contribution in [0.15, 0.2) is 140 Å². The van der Waals surface area contributed by atoms with E-state index in [-0.39, 0.29) is 0 Å². The molecule has 0 bridgehead atoms. The van der Waals surface area contributed by atoms with Crippen LogP contribution in [0.1, 0.15) is 0 Å². The molecule has 7 rings (SSSR count). The van der Waals surface area contributed by atoms with E-state index >= 15 is 0 Å². The third-order valence-electron chi connectivity index (χ3n) is 7.94. The lowest BCUT2D eigenvalue weighted by Gasteiger charge is -2.16. The minimum Gasteiger partial charge on any atom is -0.256 e. The van der Waals surface area contributed by atoms with Crippen LogP contribution in [0.5, 0.6) is 0 Å². The molecule has 4 nitrogen and oxygen atoms in total. The molecular weight excluding hydrogens is 553 g/mol. The summed E-state index contributed by atoms with van der Waals surface area (Å²) < 4.78 is 0. The van der Waals surface area contributed by atoms with Gasteiger partial charge in [-0.25, -0.2) is 15.0 Å². The van der Waals surface area contributed by atoms with E-state index in [0.717, 1.165) is 49.8 Å². The lowest BCUT2D eigenvalue weighted by molar-refractivity contribution is 1.08.